The second kappa shape index (κ2) is 6.19. The molecule has 102 valence electrons. The number of ether oxygens (including phenoxy) is 2. The van der Waals surface area contributed by atoms with Crippen LogP contribution in [0.3, 0.4) is 0 Å². The summed E-state index contributed by atoms with van der Waals surface area (Å²) < 4.78 is 15.8. The van der Waals surface area contributed by atoms with Gasteiger partial charge in [0.1, 0.15) is 0 Å². The monoisotopic (exact) mass is 263 g/mol. The minimum Gasteiger partial charge on any atom is -0.493 e. The molecule has 0 saturated carbocycles. The molecule has 0 unspecified atom stereocenters. The Kier molecular flexibility index (Phi) is 4.35. The van der Waals surface area contributed by atoms with E-state index in [4.69, 9.17) is 19.7 Å². The zero-order valence-electron chi connectivity index (χ0n) is 11.0. The number of methoxy groups -OCH3 is 2. The van der Waals surface area contributed by atoms with Crippen molar-refractivity contribution in [3.8, 4) is 23.0 Å². The van der Waals surface area contributed by atoms with E-state index in [-0.39, 0.29) is 0 Å². The van der Waals surface area contributed by atoms with E-state index in [1.807, 2.05) is 18.2 Å². The van der Waals surface area contributed by atoms with Gasteiger partial charge in [-0.2, -0.15) is 4.98 Å². The molecule has 0 radical (unpaired) electrons. The van der Waals surface area contributed by atoms with Crippen molar-refractivity contribution in [2.45, 2.75) is 12.8 Å². The number of nitrogens with zero attached hydrogens (tertiary/aromatic N) is 2. The van der Waals surface area contributed by atoms with E-state index in [1.54, 1.807) is 14.2 Å². The van der Waals surface area contributed by atoms with Crippen LogP contribution >= 0.6 is 0 Å². The molecule has 2 aromatic rings. The first-order valence-electron chi connectivity index (χ1n) is 6.04. The summed E-state index contributed by atoms with van der Waals surface area (Å²) in [5.74, 6) is 2.27. The number of aromatic nitrogens is 2. The molecule has 0 fully saturated rings. The van der Waals surface area contributed by atoms with Crippen LogP contribution in [0.4, 0.5) is 0 Å². The molecule has 6 heteroatoms. The number of para-hydroxylation sites is 1. The summed E-state index contributed by atoms with van der Waals surface area (Å²) in [6.45, 7) is 0.604. The van der Waals surface area contributed by atoms with Crippen molar-refractivity contribution < 1.29 is 14.0 Å². The molecule has 0 bridgehead atoms. The van der Waals surface area contributed by atoms with Crippen LogP contribution in [0.25, 0.3) is 11.5 Å². The Balaban J connectivity index is 2.33. The third-order valence-electron chi connectivity index (χ3n) is 2.71. The van der Waals surface area contributed by atoms with Gasteiger partial charge in [-0.3, -0.25) is 0 Å². The largest absolute Gasteiger partial charge is 0.493 e. The van der Waals surface area contributed by atoms with Crippen molar-refractivity contribution in [3.05, 3.63) is 24.0 Å². The zero-order valence-corrected chi connectivity index (χ0v) is 11.0. The third kappa shape index (κ3) is 2.85. The quantitative estimate of drug-likeness (QED) is 0.853. The van der Waals surface area contributed by atoms with Gasteiger partial charge in [0.15, 0.2) is 17.3 Å². The maximum absolute atomic E-state index is 5.46. The Bertz CT molecular complexity index is 540. The van der Waals surface area contributed by atoms with E-state index in [0.717, 1.165) is 6.42 Å². The predicted octanol–water partition coefficient (Wildman–Crippen LogP) is 1.65. The van der Waals surface area contributed by atoms with Gasteiger partial charge in [-0.05, 0) is 25.1 Å². The summed E-state index contributed by atoms with van der Waals surface area (Å²) in [6, 6.07) is 5.51. The lowest BCUT2D eigenvalue weighted by Gasteiger charge is -2.09. The zero-order chi connectivity index (χ0) is 13.7. The van der Waals surface area contributed by atoms with Crippen molar-refractivity contribution >= 4 is 0 Å². The smallest absolute Gasteiger partial charge is 0.261 e. The number of benzene rings is 1. The van der Waals surface area contributed by atoms with Crippen LogP contribution in [0.1, 0.15) is 12.2 Å². The van der Waals surface area contributed by atoms with Crippen LogP contribution in [-0.4, -0.2) is 30.9 Å². The van der Waals surface area contributed by atoms with Crippen molar-refractivity contribution in [3.63, 3.8) is 0 Å². The molecule has 0 spiro atoms. The van der Waals surface area contributed by atoms with Gasteiger partial charge >= 0.3 is 0 Å². The second-order valence-electron chi connectivity index (χ2n) is 3.95. The molecular weight excluding hydrogens is 246 g/mol. The molecule has 0 aliphatic heterocycles. The lowest BCUT2D eigenvalue weighted by atomic mass is 10.2. The number of hydrogen-bond acceptors (Lipinski definition) is 6. The summed E-state index contributed by atoms with van der Waals surface area (Å²) in [6.07, 6.45) is 1.53. The highest BCUT2D eigenvalue weighted by atomic mass is 16.5. The first kappa shape index (κ1) is 13.4. The highest BCUT2D eigenvalue weighted by Gasteiger charge is 2.16. The fourth-order valence-electron chi connectivity index (χ4n) is 1.78. The van der Waals surface area contributed by atoms with Crippen LogP contribution < -0.4 is 15.2 Å². The molecule has 0 aliphatic rings. The van der Waals surface area contributed by atoms with E-state index in [9.17, 15) is 0 Å². The number of aryl methyl sites for hydroxylation is 1. The summed E-state index contributed by atoms with van der Waals surface area (Å²) in [7, 11) is 3.16. The second-order valence-corrected chi connectivity index (χ2v) is 3.95. The molecule has 19 heavy (non-hydrogen) atoms. The summed E-state index contributed by atoms with van der Waals surface area (Å²) in [4.78, 5) is 4.33. The fourth-order valence-corrected chi connectivity index (χ4v) is 1.78. The van der Waals surface area contributed by atoms with E-state index in [1.165, 1.54) is 0 Å². The summed E-state index contributed by atoms with van der Waals surface area (Å²) >= 11 is 0. The highest BCUT2D eigenvalue weighted by molar-refractivity contribution is 5.67. The molecule has 0 amide bonds. The van der Waals surface area contributed by atoms with Crippen molar-refractivity contribution in [1.29, 1.82) is 0 Å². The van der Waals surface area contributed by atoms with Gasteiger partial charge in [-0.1, -0.05) is 11.2 Å². The Morgan fingerprint density at radius 1 is 1.26 bits per heavy atom. The molecule has 6 nitrogen and oxygen atoms in total. The van der Waals surface area contributed by atoms with E-state index in [0.29, 0.717) is 41.7 Å². The van der Waals surface area contributed by atoms with Crippen LogP contribution in [0.2, 0.25) is 0 Å². The van der Waals surface area contributed by atoms with Gasteiger partial charge in [0, 0.05) is 6.42 Å². The van der Waals surface area contributed by atoms with Crippen molar-refractivity contribution in [2.75, 3.05) is 20.8 Å². The predicted molar refractivity (Wildman–Crippen MR) is 70.2 cm³/mol. The van der Waals surface area contributed by atoms with Crippen molar-refractivity contribution in [2.24, 2.45) is 5.73 Å². The average Bonchev–Trinajstić information content (AvgIpc) is 2.92. The van der Waals surface area contributed by atoms with E-state index >= 15 is 0 Å². The topological polar surface area (TPSA) is 83.4 Å². The Labute approximate surface area is 111 Å². The van der Waals surface area contributed by atoms with Gasteiger partial charge in [0.2, 0.25) is 0 Å². The number of hydrogen-bond donors (Lipinski definition) is 1. The van der Waals surface area contributed by atoms with Crippen LogP contribution in [0.5, 0.6) is 11.5 Å². The maximum atomic E-state index is 5.46. The number of nitrogens with two attached hydrogens (primary N) is 1. The SMILES string of the molecule is COc1cccc(-c2nc(CCCN)no2)c1OC. The van der Waals surface area contributed by atoms with Crippen LogP contribution in [-0.2, 0) is 6.42 Å². The van der Waals surface area contributed by atoms with Gasteiger partial charge in [-0.15, -0.1) is 0 Å². The molecule has 0 saturated heterocycles. The molecule has 1 aromatic carbocycles. The first-order chi connectivity index (χ1) is 9.30. The first-order valence-corrected chi connectivity index (χ1v) is 6.04. The maximum Gasteiger partial charge on any atom is 0.261 e. The molecule has 1 aromatic heterocycles. The summed E-state index contributed by atoms with van der Waals surface area (Å²) in [5, 5.41) is 3.92. The Hall–Kier alpha value is -2.08. The van der Waals surface area contributed by atoms with Crippen LogP contribution in [0.15, 0.2) is 22.7 Å². The normalized spacial score (nSPS) is 10.5. The van der Waals surface area contributed by atoms with E-state index < -0.39 is 0 Å². The standard InChI is InChI=1S/C13H17N3O3/c1-17-10-6-3-5-9(12(10)18-2)13-15-11(16-19-13)7-4-8-14/h3,5-6H,4,7-8,14H2,1-2H3. The van der Waals surface area contributed by atoms with E-state index in [2.05, 4.69) is 10.1 Å². The molecular formula is C13H17N3O3. The van der Waals surface area contributed by atoms with Gasteiger partial charge in [0.05, 0.1) is 19.8 Å². The average molecular weight is 263 g/mol. The van der Waals surface area contributed by atoms with Crippen molar-refractivity contribution in [1.82, 2.24) is 10.1 Å². The minimum atomic E-state index is 0.419. The number of rotatable bonds is 6. The molecule has 1 heterocycles. The van der Waals surface area contributed by atoms with Gasteiger partial charge < -0.3 is 19.7 Å². The lowest BCUT2D eigenvalue weighted by molar-refractivity contribution is 0.353. The molecule has 2 N–H and O–H groups in total. The fraction of sp³-hybridized carbons (Fsp3) is 0.385. The molecule has 0 atom stereocenters. The Morgan fingerprint density at radius 2 is 2.11 bits per heavy atom. The minimum absolute atomic E-state index is 0.419. The molecule has 0 aliphatic carbocycles. The van der Waals surface area contributed by atoms with Gasteiger partial charge in [0.25, 0.3) is 5.89 Å². The van der Waals surface area contributed by atoms with Gasteiger partial charge in [-0.25, -0.2) is 0 Å². The highest BCUT2D eigenvalue weighted by Crippen LogP contribution is 2.36. The van der Waals surface area contributed by atoms with Crippen LogP contribution in [0, 0.1) is 0 Å². The lowest BCUT2D eigenvalue weighted by Crippen LogP contribution is -2.01. The third-order valence-corrected chi connectivity index (χ3v) is 2.71. The molecule has 2 rings (SSSR count). The summed E-state index contributed by atoms with van der Waals surface area (Å²) in [5.41, 5.74) is 6.17. The Morgan fingerprint density at radius 3 is 2.79 bits per heavy atom.